The number of aliphatic hydroxyl groups is 5. The first-order chi connectivity index (χ1) is 25.4. The van der Waals surface area contributed by atoms with E-state index < -0.39 is 75.7 Å². The Morgan fingerprint density at radius 3 is 1.49 bits per heavy atom. The summed E-state index contributed by atoms with van der Waals surface area (Å²) >= 11 is 0. The van der Waals surface area contributed by atoms with Gasteiger partial charge < -0.3 is 39.9 Å². The number of hydrogen-bond acceptors (Lipinski definition) is 12. The van der Waals surface area contributed by atoms with Crippen LogP contribution in [0.25, 0.3) is 0 Å². The molecule has 1 saturated carbocycles. The second-order valence-corrected chi connectivity index (χ2v) is 15.9. The zero-order chi connectivity index (χ0) is 39.3. The van der Waals surface area contributed by atoms with Gasteiger partial charge in [-0.2, -0.15) is 0 Å². The number of phosphoric ester groups is 1. The van der Waals surface area contributed by atoms with Crippen LogP contribution >= 0.6 is 7.82 Å². The Balaban J connectivity index is 2.53. The van der Waals surface area contributed by atoms with Crippen molar-refractivity contribution in [2.24, 2.45) is 0 Å². The molecule has 0 aromatic carbocycles. The van der Waals surface area contributed by atoms with E-state index in [0.717, 1.165) is 38.5 Å². The van der Waals surface area contributed by atoms with E-state index >= 15 is 0 Å². The van der Waals surface area contributed by atoms with Gasteiger partial charge in [0, 0.05) is 12.5 Å². The summed E-state index contributed by atoms with van der Waals surface area (Å²) in [6.07, 6.45) is 16.3. The molecule has 0 aliphatic heterocycles. The first-order valence-electron chi connectivity index (χ1n) is 20.5. The summed E-state index contributed by atoms with van der Waals surface area (Å²) in [7, 11) is -5.12. The Kier molecular flexibility index (Phi) is 28.8. The maximum atomic E-state index is 12.7. The smallest absolute Gasteiger partial charge is 0.462 e. The molecule has 312 valence electrons. The fraction of sp³-hybridized carbons (Fsp3) is 0.897. The number of esters is 2. The summed E-state index contributed by atoms with van der Waals surface area (Å²) in [4.78, 5) is 35.3. The van der Waals surface area contributed by atoms with Gasteiger partial charge in [0.25, 0.3) is 0 Å². The van der Waals surface area contributed by atoms with Gasteiger partial charge in [0.05, 0.1) is 6.61 Å². The van der Waals surface area contributed by atoms with Crippen molar-refractivity contribution < 1.29 is 63.1 Å². The number of unbranched alkanes of at least 4 members (excludes halogenated alkanes) is 21. The summed E-state index contributed by atoms with van der Waals surface area (Å²) in [5.74, 6) is -1.29. The molecule has 1 aliphatic carbocycles. The second kappa shape index (κ2) is 30.8. The molecule has 1 rings (SSSR count). The number of carbonyl (C=O) groups excluding carboxylic acids is 2. The number of aliphatic hydroxyl groups excluding tert-OH is 5. The normalized spacial score (nSPS) is 23.5. The van der Waals surface area contributed by atoms with Gasteiger partial charge in [-0.15, -0.1) is 0 Å². The van der Waals surface area contributed by atoms with Crippen LogP contribution < -0.4 is 0 Å². The predicted octanol–water partition coefficient (Wildman–Crippen LogP) is 6.72. The molecule has 53 heavy (non-hydrogen) atoms. The van der Waals surface area contributed by atoms with Crippen LogP contribution in [0.3, 0.4) is 0 Å². The van der Waals surface area contributed by atoms with Crippen LogP contribution in [0.5, 0.6) is 0 Å². The fourth-order valence-corrected chi connectivity index (χ4v) is 7.27. The molecular weight excluding hydrogens is 707 g/mol. The number of carbonyl (C=O) groups is 2. The van der Waals surface area contributed by atoms with Crippen LogP contribution in [0, 0.1) is 0 Å². The lowest BCUT2D eigenvalue weighted by molar-refractivity contribution is -0.220. The van der Waals surface area contributed by atoms with Crippen LogP contribution in [0.1, 0.15) is 168 Å². The van der Waals surface area contributed by atoms with Crippen molar-refractivity contribution in [1.82, 2.24) is 0 Å². The number of allylic oxidation sites excluding steroid dienone is 1. The first-order valence-corrected chi connectivity index (χ1v) is 22.0. The van der Waals surface area contributed by atoms with Crippen molar-refractivity contribution in [1.29, 1.82) is 0 Å². The molecule has 0 heterocycles. The molecule has 0 bridgehead atoms. The van der Waals surface area contributed by atoms with E-state index in [1.807, 2.05) is 0 Å². The molecule has 0 spiro atoms. The highest BCUT2D eigenvalue weighted by Crippen LogP contribution is 2.47. The number of ether oxygens (including phenoxy) is 2. The van der Waals surface area contributed by atoms with Crippen molar-refractivity contribution in [2.75, 3.05) is 13.2 Å². The van der Waals surface area contributed by atoms with E-state index in [1.165, 1.54) is 102 Å². The third kappa shape index (κ3) is 24.0. The molecule has 13 nitrogen and oxygen atoms in total. The lowest BCUT2D eigenvalue weighted by atomic mass is 9.85. The Morgan fingerprint density at radius 1 is 0.604 bits per heavy atom. The summed E-state index contributed by atoms with van der Waals surface area (Å²) in [5.41, 5.74) is 0. The van der Waals surface area contributed by atoms with Crippen molar-refractivity contribution in [3.63, 3.8) is 0 Å². The van der Waals surface area contributed by atoms with Crippen LogP contribution in [0.15, 0.2) is 12.2 Å². The predicted molar refractivity (Wildman–Crippen MR) is 203 cm³/mol. The molecule has 0 amide bonds. The zero-order valence-electron chi connectivity index (χ0n) is 32.6. The van der Waals surface area contributed by atoms with E-state index in [4.69, 9.17) is 18.5 Å². The van der Waals surface area contributed by atoms with Gasteiger partial charge in [0.2, 0.25) is 0 Å². The van der Waals surface area contributed by atoms with E-state index in [9.17, 15) is 44.6 Å². The largest absolute Gasteiger partial charge is 0.472 e. The Labute approximate surface area is 318 Å². The van der Waals surface area contributed by atoms with Gasteiger partial charge >= 0.3 is 19.8 Å². The maximum Gasteiger partial charge on any atom is 0.472 e. The number of rotatable bonds is 33. The fourth-order valence-electron chi connectivity index (χ4n) is 6.30. The van der Waals surface area contributed by atoms with E-state index in [2.05, 4.69) is 13.8 Å². The molecule has 6 atom stereocenters. The molecule has 6 N–H and O–H groups in total. The standard InChI is InChI=1S/C39H73O13P/c1-3-5-7-9-11-13-14-15-16-17-18-20-22-24-26-28-33(41)51-31(29-49-32(40)27-25-23-21-19-12-10-8-6-4-2)30-50-53(47,48)52-39-37(45)35(43)34(42)36(44)38(39)46/h26,28,31,34-39,42-46H,3-25,27,29-30H2,1-2H3,(H,47,48). The topological polar surface area (TPSA) is 210 Å². The minimum atomic E-state index is -5.12. The van der Waals surface area contributed by atoms with Gasteiger partial charge in [-0.3, -0.25) is 13.8 Å². The van der Waals surface area contributed by atoms with Crippen LogP contribution in [0.2, 0.25) is 0 Å². The highest BCUT2D eigenvalue weighted by molar-refractivity contribution is 7.47. The third-order valence-corrected chi connectivity index (χ3v) is 10.7. The maximum absolute atomic E-state index is 12.7. The van der Waals surface area contributed by atoms with Crippen molar-refractivity contribution in [3.05, 3.63) is 12.2 Å². The van der Waals surface area contributed by atoms with Gasteiger partial charge in [0.15, 0.2) is 6.10 Å². The quantitative estimate of drug-likeness (QED) is 0.0177. The summed E-state index contributed by atoms with van der Waals surface area (Å²) in [6, 6.07) is 0. The van der Waals surface area contributed by atoms with Gasteiger partial charge in [-0.05, 0) is 19.3 Å². The minimum absolute atomic E-state index is 0.159. The highest BCUT2D eigenvalue weighted by Gasteiger charge is 2.51. The number of phosphoric acid groups is 1. The average Bonchev–Trinajstić information content (AvgIpc) is 3.13. The Morgan fingerprint density at radius 2 is 1.02 bits per heavy atom. The van der Waals surface area contributed by atoms with Crippen molar-refractivity contribution in [3.8, 4) is 0 Å². The van der Waals surface area contributed by atoms with Gasteiger partial charge in [0.1, 0.15) is 43.2 Å². The summed E-state index contributed by atoms with van der Waals surface area (Å²) < 4.78 is 33.2. The molecule has 0 saturated heterocycles. The SMILES string of the molecule is CCCCCCCCCCCCCCCC=CC(=O)OC(COC(=O)CCCCCCCCCCC)COP(=O)(O)OC1C(O)C(O)C(O)C(O)C1O. The first kappa shape index (κ1) is 49.6. The molecular formula is C39H73O13P. The lowest BCUT2D eigenvalue weighted by Gasteiger charge is -2.41. The average molecular weight is 781 g/mol. The lowest BCUT2D eigenvalue weighted by Crippen LogP contribution is -2.64. The summed E-state index contributed by atoms with van der Waals surface area (Å²) in [5, 5.41) is 49.9. The molecule has 0 aromatic heterocycles. The molecule has 1 fully saturated rings. The summed E-state index contributed by atoms with van der Waals surface area (Å²) in [6.45, 7) is 3.19. The van der Waals surface area contributed by atoms with Crippen LogP contribution in [-0.4, -0.2) is 98.3 Å². The van der Waals surface area contributed by atoms with Gasteiger partial charge in [-0.25, -0.2) is 9.36 Å². The molecule has 0 radical (unpaired) electrons. The number of hydrogen-bond donors (Lipinski definition) is 6. The molecule has 0 aromatic rings. The molecule has 6 unspecified atom stereocenters. The molecule has 14 heteroatoms. The van der Waals surface area contributed by atoms with Crippen molar-refractivity contribution >= 4 is 19.8 Å². The highest BCUT2D eigenvalue weighted by atomic mass is 31.2. The van der Waals surface area contributed by atoms with Crippen LogP contribution in [-0.2, 0) is 32.7 Å². The van der Waals surface area contributed by atoms with E-state index in [1.54, 1.807) is 6.08 Å². The Bertz CT molecular complexity index is 996. The van der Waals surface area contributed by atoms with Crippen molar-refractivity contribution in [2.45, 2.75) is 211 Å². The monoisotopic (exact) mass is 780 g/mol. The van der Waals surface area contributed by atoms with Gasteiger partial charge in [-0.1, -0.05) is 148 Å². The third-order valence-electron chi connectivity index (χ3n) is 9.68. The minimum Gasteiger partial charge on any atom is -0.462 e. The zero-order valence-corrected chi connectivity index (χ0v) is 33.5. The second-order valence-electron chi connectivity index (χ2n) is 14.5. The van der Waals surface area contributed by atoms with Crippen LogP contribution in [0.4, 0.5) is 0 Å². The van der Waals surface area contributed by atoms with E-state index in [-0.39, 0.29) is 6.42 Å². The van der Waals surface area contributed by atoms with E-state index in [0.29, 0.717) is 12.8 Å². The molecule has 1 aliphatic rings. The Hall–Kier alpha value is -1.41.